The van der Waals surface area contributed by atoms with Gasteiger partial charge in [-0.25, -0.2) is 0 Å². The first kappa shape index (κ1) is 16.1. The van der Waals surface area contributed by atoms with E-state index >= 15 is 0 Å². The lowest BCUT2D eigenvalue weighted by Crippen LogP contribution is -2.18. The minimum absolute atomic E-state index is 0.775. The number of nitrogens with one attached hydrogen (secondary N) is 1. The zero-order chi connectivity index (χ0) is 15.2. The van der Waals surface area contributed by atoms with Crippen LogP contribution in [0, 0.1) is 13.8 Å². The summed E-state index contributed by atoms with van der Waals surface area (Å²) in [6, 6.07) is 8.58. The second-order valence-electron chi connectivity index (χ2n) is 5.41. The van der Waals surface area contributed by atoms with Crippen molar-refractivity contribution >= 4 is 11.6 Å². The molecule has 0 fully saturated rings. The molecule has 0 aliphatic rings. The van der Waals surface area contributed by atoms with Gasteiger partial charge in [0.05, 0.1) is 23.0 Å². The van der Waals surface area contributed by atoms with E-state index < -0.39 is 0 Å². The quantitative estimate of drug-likeness (QED) is 0.790. The van der Waals surface area contributed by atoms with Crippen LogP contribution in [0.3, 0.4) is 0 Å². The zero-order valence-electron chi connectivity index (χ0n) is 13.1. The van der Waals surface area contributed by atoms with Crippen LogP contribution in [0.25, 0.3) is 0 Å². The van der Waals surface area contributed by atoms with Crippen molar-refractivity contribution in [2.75, 3.05) is 13.1 Å². The zero-order valence-corrected chi connectivity index (χ0v) is 13.9. The normalized spacial score (nSPS) is 11.0. The highest BCUT2D eigenvalue weighted by atomic mass is 35.5. The smallest absolute Gasteiger partial charge is 0.0844 e. The van der Waals surface area contributed by atoms with Crippen LogP contribution in [0.5, 0.6) is 0 Å². The Morgan fingerprint density at radius 3 is 2.48 bits per heavy atom. The molecular formula is C17H24ClN3. The van der Waals surface area contributed by atoms with Crippen molar-refractivity contribution in [2.45, 2.75) is 40.2 Å². The van der Waals surface area contributed by atoms with Crippen molar-refractivity contribution in [1.29, 1.82) is 0 Å². The first-order valence-corrected chi connectivity index (χ1v) is 7.98. The third-order valence-electron chi connectivity index (χ3n) is 3.73. The highest BCUT2D eigenvalue weighted by Gasteiger charge is 2.10. The molecule has 2 aromatic rings. The molecular weight excluding hydrogens is 282 g/mol. The summed E-state index contributed by atoms with van der Waals surface area (Å²) in [4.78, 5) is 0. The van der Waals surface area contributed by atoms with Gasteiger partial charge in [-0.3, -0.25) is 4.68 Å². The standard InChI is InChI=1S/C17H24ClN3/c1-4-10-19-11-9-15-7-5-6-8-16(15)12-21-14(3)17(18)13(2)20-21/h5-8,19H,4,9-12H2,1-3H3. The van der Waals surface area contributed by atoms with E-state index in [1.807, 2.05) is 18.5 Å². The molecule has 0 saturated carbocycles. The van der Waals surface area contributed by atoms with Crippen LogP contribution in [0.15, 0.2) is 24.3 Å². The minimum atomic E-state index is 0.775. The SMILES string of the molecule is CCCNCCc1ccccc1Cn1nc(C)c(Cl)c1C. The van der Waals surface area contributed by atoms with Crippen molar-refractivity contribution < 1.29 is 0 Å². The van der Waals surface area contributed by atoms with Crippen molar-refractivity contribution in [1.82, 2.24) is 15.1 Å². The molecule has 0 aliphatic heterocycles. The molecule has 0 aliphatic carbocycles. The molecule has 114 valence electrons. The molecule has 0 unspecified atom stereocenters. The molecule has 0 atom stereocenters. The van der Waals surface area contributed by atoms with Gasteiger partial charge < -0.3 is 5.32 Å². The Balaban J connectivity index is 2.10. The van der Waals surface area contributed by atoms with Crippen molar-refractivity contribution in [3.05, 3.63) is 51.8 Å². The molecule has 2 rings (SSSR count). The Labute approximate surface area is 132 Å². The Morgan fingerprint density at radius 2 is 1.86 bits per heavy atom. The maximum Gasteiger partial charge on any atom is 0.0844 e. The summed E-state index contributed by atoms with van der Waals surface area (Å²) in [5, 5.41) is 8.76. The van der Waals surface area contributed by atoms with Crippen LogP contribution in [0.4, 0.5) is 0 Å². The molecule has 1 aromatic heterocycles. The largest absolute Gasteiger partial charge is 0.316 e. The molecule has 0 radical (unpaired) electrons. The summed E-state index contributed by atoms with van der Waals surface area (Å²) in [7, 11) is 0. The van der Waals surface area contributed by atoms with Crippen LogP contribution < -0.4 is 5.32 Å². The van der Waals surface area contributed by atoms with Crippen LogP contribution in [0.2, 0.25) is 5.02 Å². The molecule has 1 N–H and O–H groups in total. The highest BCUT2D eigenvalue weighted by Crippen LogP contribution is 2.20. The number of hydrogen-bond acceptors (Lipinski definition) is 2. The van der Waals surface area contributed by atoms with E-state index in [9.17, 15) is 0 Å². The predicted octanol–water partition coefficient (Wildman–Crippen LogP) is 3.74. The van der Waals surface area contributed by atoms with Crippen molar-refractivity contribution in [3.8, 4) is 0 Å². The molecule has 0 bridgehead atoms. The van der Waals surface area contributed by atoms with Gasteiger partial charge in [-0.15, -0.1) is 0 Å². The first-order chi connectivity index (χ1) is 10.1. The second-order valence-corrected chi connectivity index (χ2v) is 5.79. The molecule has 0 spiro atoms. The van der Waals surface area contributed by atoms with Crippen LogP contribution >= 0.6 is 11.6 Å². The maximum atomic E-state index is 6.23. The molecule has 1 aromatic carbocycles. The number of aryl methyl sites for hydroxylation is 1. The summed E-state index contributed by atoms with van der Waals surface area (Å²) in [6.45, 7) is 9.04. The molecule has 0 amide bonds. The predicted molar refractivity (Wildman–Crippen MR) is 89.1 cm³/mol. The van der Waals surface area contributed by atoms with Gasteiger partial charge >= 0.3 is 0 Å². The Hall–Kier alpha value is -1.32. The summed E-state index contributed by atoms with van der Waals surface area (Å²) in [5.74, 6) is 0. The van der Waals surface area contributed by atoms with Crippen molar-refractivity contribution in [2.24, 2.45) is 0 Å². The molecule has 3 nitrogen and oxygen atoms in total. The minimum Gasteiger partial charge on any atom is -0.316 e. The fraction of sp³-hybridized carbons (Fsp3) is 0.471. The van der Waals surface area contributed by atoms with E-state index in [-0.39, 0.29) is 0 Å². The fourth-order valence-corrected chi connectivity index (χ4v) is 2.61. The summed E-state index contributed by atoms with van der Waals surface area (Å²) < 4.78 is 2.00. The highest BCUT2D eigenvalue weighted by molar-refractivity contribution is 6.31. The van der Waals surface area contributed by atoms with Gasteiger partial charge in [-0.2, -0.15) is 5.10 Å². The van der Waals surface area contributed by atoms with Gasteiger partial charge in [-0.05, 0) is 50.9 Å². The number of aromatic nitrogens is 2. The van der Waals surface area contributed by atoms with E-state index in [2.05, 4.69) is 41.6 Å². The number of hydrogen-bond donors (Lipinski definition) is 1. The van der Waals surface area contributed by atoms with E-state index in [1.54, 1.807) is 0 Å². The van der Waals surface area contributed by atoms with Crippen LogP contribution in [-0.2, 0) is 13.0 Å². The Kier molecular flexibility index (Phi) is 5.83. The van der Waals surface area contributed by atoms with Gasteiger partial charge in [0.25, 0.3) is 0 Å². The fourth-order valence-electron chi connectivity index (χ4n) is 2.47. The van der Waals surface area contributed by atoms with E-state index in [0.29, 0.717) is 0 Å². The van der Waals surface area contributed by atoms with Crippen molar-refractivity contribution in [3.63, 3.8) is 0 Å². The molecule has 21 heavy (non-hydrogen) atoms. The number of nitrogens with zero attached hydrogens (tertiary/aromatic N) is 2. The van der Waals surface area contributed by atoms with Crippen LogP contribution in [-0.4, -0.2) is 22.9 Å². The van der Waals surface area contributed by atoms with E-state index in [0.717, 1.165) is 42.5 Å². The molecule has 1 heterocycles. The topological polar surface area (TPSA) is 29.9 Å². The monoisotopic (exact) mass is 305 g/mol. The second kappa shape index (κ2) is 7.62. The third kappa shape index (κ3) is 4.08. The van der Waals surface area contributed by atoms with Gasteiger partial charge in [0.15, 0.2) is 0 Å². The average molecular weight is 306 g/mol. The molecule has 4 heteroatoms. The molecule has 0 saturated heterocycles. The maximum absolute atomic E-state index is 6.23. The van der Waals surface area contributed by atoms with Gasteiger partial charge in [0, 0.05) is 0 Å². The van der Waals surface area contributed by atoms with E-state index in [1.165, 1.54) is 17.5 Å². The third-order valence-corrected chi connectivity index (χ3v) is 4.28. The lowest BCUT2D eigenvalue weighted by atomic mass is 10.0. The van der Waals surface area contributed by atoms with Crippen LogP contribution in [0.1, 0.15) is 35.9 Å². The van der Waals surface area contributed by atoms with Gasteiger partial charge in [0.2, 0.25) is 0 Å². The number of benzene rings is 1. The van der Waals surface area contributed by atoms with Gasteiger partial charge in [-0.1, -0.05) is 42.8 Å². The number of halogens is 1. The Bertz CT molecular complexity index is 590. The summed E-state index contributed by atoms with van der Waals surface area (Å²) >= 11 is 6.23. The first-order valence-electron chi connectivity index (χ1n) is 7.60. The summed E-state index contributed by atoms with van der Waals surface area (Å²) in [6.07, 6.45) is 2.22. The Morgan fingerprint density at radius 1 is 1.14 bits per heavy atom. The number of rotatable bonds is 7. The average Bonchev–Trinajstić information content (AvgIpc) is 2.72. The summed E-state index contributed by atoms with van der Waals surface area (Å²) in [5.41, 5.74) is 4.63. The van der Waals surface area contributed by atoms with Gasteiger partial charge in [0.1, 0.15) is 0 Å². The van der Waals surface area contributed by atoms with E-state index in [4.69, 9.17) is 11.6 Å². The lowest BCUT2D eigenvalue weighted by Gasteiger charge is -2.11. The lowest BCUT2D eigenvalue weighted by molar-refractivity contribution is 0.642.